The molecular weight excluding hydrogens is 550 g/mol. The van der Waals surface area contributed by atoms with Crippen molar-refractivity contribution in [2.45, 2.75) is 97.4 Å². The first-order chi connectivity index (χ1) is 20.1. The van der Waals surface area contributed by atoms with E-state index in [-0.39, 0.29) is 32.4 Å². The van der Waals surface area contributed by atoms with Crippen LogP contribution in [0.1, 0.15) is 71.8 Å². The van der Waals surface area contributed by atoms with Crippen LogP contribution in [-0.4, -0.2) is 74.1 Å². The summed E-state index contributed by atoms with van der Waals surface area (Å²) in [7, 11) is 0. The molecule has 1 aromatic carbocycles. The number of esters is 4. The maximum absolute atomic E-state index is 12.1. The van der Waals surface area contributed by atoms with Gasteiger partial charge in [0.1, 0.15) is 18.8 Å². The summed E-state index contributed by atoms with van der Waals surface area (Å²) in [5.74, 6) is -3.19. The topological polar surface area (TPSA) is 153 Å². The van der Waals surface area contributed by atoms with E-state index in [0.29, 0.717) is 12.8 Å². The van der Waals surface area contributed by atoms with Crippen LogP contribution in [0.5, 0.6) is 0 Å². The van der Waals surface area contributed by atoms with Crippen LogP contribution in [0.4, 0.5) is 0 Å². The second kappa shape index (κ2) is 18.8. The van der Waals surface area contributed by atoms with Crippen molar-refractivity contribution in [3.63, 3.8) is 0 Å². The van der Waals surface area contributed by atoms with E-state index < -0.39 is 54.3 Å². The largest absolute Gasteiger partial charge is 0.465 e. The highest BCUT2D eigenvalue weighted by molar-refractivity contribution is 5.73. The summed E-state index contributed by atoms with van der Waals surface area (Å²) in [6, 6.07) is 8.52. The number of carbonyl (C=O) groups is 5. The van der Waals surface area contributed by atoms with Crippen molar-refractivity contribution in [1.82, 2.24) is 5.32 Å². The Morgan fingerprint density at radius 2 is 1.45 bits per heavy atom. The number of rotatable bonds is 16. The van der Waals surface area contributed by atoms with Crippen LogP contribution < -0.4 is 5.32 Å². The molecule has 0 spiro atoms. The fourth-order valence-electron chi connectivity index (χ4n) is 4.55. The number of unbranched alkanes of at least 4 members (excludes halogenated alkanes) is 4. The normalized spacial score (nSPS) is 21.9. The van der Waals surface area contributed by atoms with Crippen molar-refractivity contribution in [1.29, 1.82) is 0 Å². The quantitative estimate of drug-likeness (QED) is 0.171. The molecule has 12 nitrogen and oxygen atoms in total. The van der Waals surface area contributed by atoms with Crippen molar-refractivity contribution in [3.05, 3.63) is 35.9 Å². The molecule has 5 atom stereocenters. The van der Waals surface area contributed by atoms with Crippen molar-refractivity contribution in [2.75, 3.05) is 19.8 Å². The van der Waals surface area contributed by atoms with Gasteiger partial charge < -0.3 is 33.7 Å². The first-order valence-corrected chi connectivity index (χ1v) is 14.2. The van der Waals surface area contributed by atoms with Gasteiger partial charge in [-0.25, -0.2) is 0 Å². The van der Waals surface area contributed by atoms with E-state index in [0.717, 1.165) is 31.2 Å². The predicted octanol–water partition coefficient (Wildman–Crippen LogP) is 2.99. The minimum absolute atomic E-state index is 0.0515. The number of hydrogen-bond acceptors (Lipinski definition) is 11. The van der Waals surface area contributed by atoms with Gasteiger partial charge in [0.2, 0.25) is 5.91 Å². The zero-order valence-corrected chi connectivity index (χ0v) is 24.8. The van der Waals surface area contributed by atoms with Gasteiger partial charge in [-0.1, -0.05) is 49.6 Å². The molecule has 1 fully saturated rings. The Morgan fingerprint density at radius 3 is 2.10 bits per heavy atom. The standard InChI is InChI=1S/C30H43NO11/c1-20(32)31-27-29(42-23(4)35)28(41-22(3)34)25(18-38-21(2)33)19-40-30(27)37-16-12-7-5-6-11-15-26(36)39-17-24-13-9-8-10-14-24/h8-10,13-14,25,27-30H,5-7,11-12,15-19H2,1-4H3,(H,31,32)/t25-,27+,28+,29+,30+/m0/s1. The Balaban J connectivity index is 1.89. The smallest absolute Gasteiger partial charge is 0.306 e. The lowest BCUT2D eigenvalue weighted by molar-refractivity contribution is -0.185. The lowest BCUT2D eigenvalue weighted by Gasteiger charge is -2.34. The molecule has 1 amide bonds. The molecule has 2 rings (SSSR count). The van der Waals surface area contributed by atoms with Gasteiger partial charge in [0.25, 0.3) is 0 Å². The van der Waals surface area contributed by atoms with Crippen LogP contribution in [0, 0.1) is 5.92 Å². The van der Waals surface area contributed by atoms with Gasteiger partial charge in [-0.2, -0.15) is 0 Å². The molecule has 0 unspecified atom stereocenters. The minimum Gasteiger partial charge on any atom is -0.465 e. The van der Waals surface area contributed by atoms with Crippen molar-refractivity contribution >= 4 is 29.8 Å². The van der Waals surface area contributed by atoms with Gasteiger partial charge in [0.15, 0.2) is 12.4 Å². The summed E-state index contributed by atoms with van der Waals surface area (Å²) in [5, 5.41) is 2.71. The molecule has 1 N–H and O–H groups in total. The molecular formula is C30H43NO11. The molecule has 0 aromatic heterocycles. The number of hydrogen-bond donors (Lipinski definition) is 1. The van der Waals surface area contributed by atoms with Crippen LogP contribution in [0.2, 0.25) is 0 Å². The maximum atomic E-state index is 12.1. The summed E-state index contributed by atoms with van der Waals surface area (Å²) in [4.78, 5) is 59.5. The summed E-state index contributed by atoms with van der Waals surface area (Å²) in [6.45, 7) is 5.26. The van der Waals surface area contributed by atoms with E-state index in [9.17, 15) is 24.0 Å². The molecule has 1 heterocycles. The molecule has 12 heteroatoms. The van der Waals surface area contributed by atoms with Crippen molar-refractivity contribution in [2.24, 2.45) is 5.92 Å². The van der Waals surface area contributed by atoms with Gasteiger partial charge in [0, 0.05) is 40.7 Å². The molecule has 0 bridgehead atoms. The minimum atomic E-state index is -1.16. The number of amides is 1. The second-order valence-electron chi connectivity index (χ2n) is 10.2. The van der Waals surface area contributed by atoms with E-state index in [1.54, 1.807) is 0 Å². The zero-order chi connectivity index (χ0) is 30.9. The van der Waals surface area contributed by atoms with Gasteiger partial charge in [-0.3, -0.25) is 24.0 Å². The average Bonchev–Trinajstić information content (AvgIpc) is 3.04. The molecule has 1 aromatic rings. The molecule has 0 saturated carbocycles. The van der Waals surface area contributed by atoms with E-state index in [1.165, 1.54) is 27.7 Å². The second-order valence-corrected chi connectivity index (χ2v) is 10.2. The highest BCUT2D eigenvalue weighted by atomic mass is 16.7. The molecule has 0 radical (unpaired) electrons. The molecule has 0 aliphatic carbocycles. The molecule has 1 aliphatic rings. The maximum Gasteiger partial charge on any atom is 0.306 e. The molecule has 1 saturated heterocycles. The molecule has 1 aliphatic heterocycles. The van der Waals surface area contributed by atoms with Crippen molar-refractivity contribution < 1.29 is 52.4 Å². The number of ether oxygens (including phenoxy) is 6. The van der Waals surface area contributed by atoms with Gasteiger partial charge >= 0.3 is 23.9 Å². The highest BCUT2D eigenvalue weighted by Gasteiger charge is 2.48. The van der Waals surface area contributed by atoms with Crippen LogP contribution in [0.3, 0.4) is 0 Å². The average molecular weight is 594 g/mol. The summed E-state index contributed by atoms with van der Waals surface area (Å²) < 4.78 is 33.4. The third-order valence-corrected chi connectivity index (χ3v) is 6.43. The Bertz CT molecular complexity index is 1020. The molecule has 42 heavy (non-hydrogen) atoms. The monoisotopic (exact) mass is 593 g/mol. The fraction of sp³-hybridized carbons (Fsp3) is 0.633. The summed E-state index contributed by atoms with van der Waals surface area (Å²) in [6.07, 6.45) is 1.04. The van der Waals surface area contributed by atoms with Crippen LogP contribution in [0.25, 0.3) is 0 Å². The van der Waals surface area contributed by atoms with E-state index in [2.05, 4.69) is 5.32 Å². The Hall–Kier alpha value is -3.51. The summed E-state index contributed by atoms with van der Waals surface area (Å²) >= 11 is 0. The van der Waals surface area contributed by atoms with Gasteiger partial charge in [-0.05, 0) is 18.4 Å². The third kappa shape index (κ3) is 13.4. The van der Waals surface area contributed by atoms with Crippen LogP contribution >= 0.6 is 0 Å². The Morgan fingerprint density at radius 1 is 0.810 bits per heavy atom. The first-order valence-electron chi connectivity index (χ1n) is 14.2. The third-order valence-electron chi connectivity index (χ3n) is 6.43. The van der Waals surface area contributed by atoms with Crippen LogP contribution in [-0.2, 0) is 59.0 Å². The Labute approximate surface area is 246 Å². The zero-order valence-electron chi connectivity index (χ0n) is 24.8. The SMILES string of the molecule is CC(=O)N[C@H]1[C@H](OCCCCCCCC(=O)OCc2ccccc2)OC[C@H](COC(C)=O)[C@@H](OC(C)=O)[C@@H]1OC(C)=O. The van der Waals surface area contributed by atoms with Crippen molar-refractivity contribution in [3.8, 4) is 0 Å². The van der Waals surface area contributed by atoms with Gasteiger partial charge in [0.05, 0.1) is 19.1 Å². The highest BCUT2D eigenvalue weighted by Crippen LogP contribution is 2.27. The number of carbonyl (C=O) groups excluding carboxylic acids is 5. The summed E-state index contributed by atoms with van der Waals surface area (Å²) in [5.41, 5.74) is 0.949. The number of nitrogens with one attached hydrogen (secondary N) is 1. The van der Waals surface area contributed by atoms with E-state index >= 15 is 0 Å². The fourth-order valence-corrected chi connectivity index (χ4v) is 4.55. The molecule has 234 valence electrons. The van der Waals surface area contributed by atoms with E-state index in [4.69, 9.17) is 28.4 Å². The van der Waals surface area contributed by atoms with Gasteiger partial charge in [-0.15, -0.1) is 0 Å². The lowest BCUT2D eigenvalue weighted by Crippen LogP contribution is -2.57. The Kier molecular flexibility index (Phi) is 15.6. The first kappa shape index (κ1) is 34.7. The predicted molar refractivity (Wildman–Crippen MR) is 148 cm³/mol. The van der Waals surface area contributed by atoms with Crippen LogP contribution in [0.15, 0.2) is 30.3 Å². The van der Waals surface area contributed by atoms with E-state index in [1.807, 2.05) is 30.3 Å². The number of benzene rings is 1. The lowest BCUT2D eigenvalue weighted by atomic mass is 9.95.